The van der Waals surface area contributed by atoms with Gasteiger partial charge in [-0.15, -0.1) is 0 Å². The summed E-state index contributed by atoms with van der Waals surface area (Å²) in [4.78, 5) is 14.2. The van der Waals surface area contributed by atoms with E-state index in [-0.39, 0.29) is 35.8 Å². The fraction of sp³-hybridized carbons (Fsp3) is 0.389. The van der Waals surface area contributed by atoms with Crippen LogP contribution in [0.25, 0.3) is 11.3 Å². The maximum absolute atomic E-state index is 12.6. The van der Waals surface area contributed by atoms with Gasteiger partial charge in [0.25, 0.3) is 5.91 Å². The maximum Gasteiger partial charge on any atom is 0.289 e. The van der Waals surface area contributed by atoms with E-state index in [0.717, 1.165) is 12.0 Å². The van der Waals surface area contributed by atoms with Gasteiger partial charge in [-0.1, -0.05) is 31.2 Å². The van der Waals surface area contributed by atoms with Gasteiger partial charge >= 0.3 is 0 Å². The quantitative estimate of drug-likeness (QED) is 0.856. The van der Waals surface area contributed by atoms with E-state index in [1.165, 1.54) is 5.56 Å². The van der Waals surface area contributed by atoms with Gasteiger partial charge < -0.3 is 9.32 Å². The molecule has 24 heavy (non-hydrogen) atoms. The third-order valence-electron chi connectivity index (χ3n) is 4.39. The molecule has 0 radical (unpaired) electrons. The Morgan fingerprint density at radius 3 is 2.54 bits per heavy atom. The summed E-state index contributed by atoms with van der Waals surface area (Å²) >= 11 is 0. The highest BCUT2D eigenvalue weighted by Gasteiger charge is 2.32. The highest BCUT2D eigenvalue weighted by atomic mass is 32.2. The highest BCUT2D eigenvalue weighted by Crippen LogP contribution is 2.24. The monoisotopic (exact) mass is 347 g/mol. The number of benzene rings is 1. The fourth-order valence-corrected chi connectivity index (χ4v) is 4.51. The second-order valence-corrected chi connectivity index (χ2v) is 8.41. The second-order valence-electron chi connectivity index (χ2n) is 6.18. The van der Waals surface area contributed by atoms with E-state index in [0.29, 0.717) is 5.76 Å². The molecule has 0 bridgehead atoms. The molecule has 1 atom stereocenters. The Bertz CT molecular complexity index is 836. The van der Waals surface area contributed by atoms with E-state index in [2.05, 4.69) is 6.92 Å². The van der Waals surface area contributed by atoms with Crippen LogP contribution in [0.3, 0.4) is 0 Å². The number of nitrogens with zero attached hydrogens (tertiary/aromatic N) is 1. The lowest BCUT2D eigenvalue weighted by atomic mass is 10.1. The first-order valence-corrected chi connectivity index (χ1v) is 9.92. The van der Waals surface area contributed by atoms with Crippen molar-refractivity contribution in [3.05, 3.63) is 47.7 Å². The Morgan fingerprint density at radius 1 is 1.21 bits per heavy atom. The second kappa shape index (κ2) is 6.43. The zero-order chi connectivity index (χ0) is 17.3. The summed E-state index contributed by atoms with van der Waals surface area (Å²) in [5.41, 5.74) is 2.16. The van der Waals surface area contributed by atoms with Crippen molar-refractivity contribution < 1.29 is 17.6 Å². The summed E-state index contributed by atoms with van der Waals surface area (Å²) in [5, 5.41) is 0. The summed E-state index contributed by atoms with van der Waals surface area (Å²) in [6.45, 7) is 4.06. The molecule has 0 unspecified atom stereocenters. The molecule has 1 aromatic carbocycles. The summed E-state index contributed by atoms with van der Waals surface area (Å²) in [6, 6.07) is 11.1. The number of carbonyl (C=O) groups excluding carboxylic acids is 1. The average Bonchev–Trinajstić information content (AvgIpc) is 3.03. The molecule has 1 aliphatic heterocycles. The minimum atomic E-state index is -3.05. The van der Waals surface area contributed by atoms with Crippen LogP contribution in [0.2, 0.25) is 0 Å². The maximum atomic E-state index is 12.6. The lowest BCUT2D eigenvalue weighted by Crippen LogP contribution is -2.49. The minimum absolute atomic E-state index is 0.00475. The molecule has 0 saturated carbocycles. The molecular weight excluding hydrogens is 326 g/mol. The van der Waals surface area contributed by atoms with Crippen LogP contribution in [0.15, 0.2) is 40.8 Å². The first-order chi connectivity index (χ1) is 11.4. The van der Waals surface area contributed by atoms with E-state index in [9.17, 15) is 13.2 Å². The number of carbonyl (C=O) groups is 1. The third kappa shape index (κ3) is 3.38. The van der Waals surface area contributed by atoms with Crippen LogP contribution in [0.5, 0.6) is 0 Å². The zero-order valence-electron chi connectivity index (χ0n) is 13.9. The lowest BCUT2D eigenvalue weighted by molar-refractivity contribution is 0.0681. The topological polar surface area (TPSA) is 67.6 Å². The van der Waals surface area contributed by atoms with Crippen molar-refractivity contribution in [2.45, 2.75) is 26.3 Å². The van der Waals surface area contributed by atoms with E-state index in [1.54, 1.807) is 24.0 Å². The van der Waals surface area contributed by atoms with Gasteiger partial charge in [-0.3, -0.25) is 4.79 Å². The van der Waals surface area contributed by atoms with Crippen LogP contribution in [-0.4, -0.2) is 43.3 Å². The van der Waals surface area contributed by atoms with Crippen molar-refractivity contribution >= 4 is 15.7 Å². The van der Waals surface area contributed by atoms with Gasteiger partial charge in [0.2, 0.25) is 0 Å². The SMILES string of the molecule is CCc1ccc(-c2ccc(C(=O)N3CCS(=O)(=O)C[C@H]3C)o2)cc1. The fourth-order valence-electron chi connectivity index (χ4n) is 2.95. The Morgan fingerprint density at radius 2 is 1.92 bits per heavy atom. The van der Waals surface area contributed by atoms with Crippen LogP contribution in [0.1, 0.15) is 30.0 Å². The molecule has 1 aromatic heterocycles. The summed E-state index contributed by atoms with van der Waals surface area (Å²) < 4.78 is 29.0. The van der Waals surface area contributed by atoms with Crippen LogP contribution in [0, 0.1) is 0 Å². The molecular formula is C18H21NO4S. The molecule has 3 rings (SSSR count). The molecule has 2 aromatic rings. The lowest BCUT2D eigenvalue weighted by Gasteiger charge is -2.32. The van der Waals surface area contributed by atoms with Gasteiger partial charge in [0.1, 0.15) is 5.76 Å². The molecule has 1 fully saturated rings. The summed E-state index contributed by atoms with van der Waals surface area (Å²) in [5.74, 6) is 0.641. The number of amides is 1. The normalized spacial score (nSPS) is 20.1. The van der Waals surface area contributed by atoms with E-state index >= 15 is 0 Å². The molecule has 2 heterocycles. The van der Waals surface area contributed by atoms with Gasteiger partial charge in [-0.05, 0) is 31.0 Å². The van der Waals surface area contributed by atoms with Crippen LogP contribution >= 0.6 is 0 Å². The Labute approximate surface area is 142 Å². The highest BCUT2D eigenvalue weighted by molar-refractivity contribution is 7.91. The van der Waals surface area contributed by atoms with Crippen LogP contribution < -0.4 is 0 Å². The molecule has 1 amide bonds. The predicted octanol–water partition coefficient (Wildman–Crippen LogP) is 2.77. The number of rotatable bonds is 3. The molecule has 0 N–H and O–H groups in total. The van der Waals surface area contributed by atoms with Crippen molar-refractivity contribution in [1.29, 1.82) is 0 Å². The third-order valence-corrected chi connectivity index (χ3v) is 6.19. The molecule has 5 nitrogen and oxygen atoms in total. The molecule has 1 saturated heterocycles. The van der Waals surface area contributed by atoms with Gasteiger partial charge in [0.05, 0.1) is 11.5 Å². The Balaban J connectivity index is 1.78. The summed E-state index contributed by atoms with van der Waals surface area (Å²) in [6.07, 6.45) is 0.970. The van der Waals surface area contributed by atoms with Crippen molar-refractivity contribution in [1.82, 2.24) is 4.90 Å². The van der Waals surface area contributed by atoms with E-state index in [4.69, 9.17) is 4.42 Å². The predicted molar refractivity (Wildman–Crippen MR) is 92.7 cm³/mol. The van der Waals surface area contributed by atoms with Crippen molar-refractivity contribution in [3.63, 3.8) is 0 Å². The van der Waals surface area contributed by atoms with Gasteiger partial charge in [-0.25, -0.2) is 8.42 Å². The molecule has 1 aliphatic rings. The van der Waals surface area contributed by atoms with Gasteiger partial charge in [0, 0.05) is 18.2 Å². The van der Waals surface area contributed by atoms with Crippen LogP contribution in [-0.2, 0) is 16.3 Å². The van der Waals surface area contributed by atoms with Crippen molar-refractivity contribution in [3.8, 4) is 11.3 Å². The average molecular weight is 347 g/mol. The minimum Gasteiger partial charge on any atom is -0.451 e. The molecule has 6 heteroatoms. The first-order valence-electron chi connectivity index (χ1n) is 8.10. The number of aryl methyl sites for hydroxylation is 1. The zero-order valence-corrected chi connectivity index (χ0v) is 14.7. The van der Waals surface area contributed by atoms with E-state index < -0.39 is 9.84 Å². The summed E-state index contributed by atoms with van der Waals surface area (Å²) in [7, 11) is -3.05. The Hall–Kier alpha value is -2.08. The molecule has 128 valence electrons. The molecule has 0 aliphatic carbocycles. The Kier molecular flexibility index (Phi) is 4.49. The van der Waals surface area contributed by atoms with Gasteiger partial charge in [-0.2, -0.15) is 0 Å². The number of hydrogen-bond donors (Lipinski definition) is 0. The van der Waals surface area contributed by atoms with Crippen molar-refractivity contribution in [2.24, 2.45) is 0 Å². The van der Waals surface area contributed by atoms with Crippen molar-refractivity contribution in [2.75, 3.05) is 18.1 Å². The van der Waals surface area contributed by atoms with Crippen LogP contribution in [0.4, 0.5) is 0 Å². The number of sulfone groups is 1. The number of hydrogen-bond acceptors (Lipinski definition) is 4. The first kappa shape index (κ1) is 16.8. The largest absolute Gasteiger partial charge is 0.451 e. The number of furan rings is 1. The smallest absolute Gasteiger partial charge is 0.289 e. The van der Waals surface area contributed by atoms with Gasteiger partial charge in [0.15, 0.2) is 15.6 Å². The molecule has 0 spiro atoms. The van der Waals surface area contributed by atoms with E-state index in [1.807, 2.05) is 24.3 Å². The standard InChI is InChI=1S/C18H21NO4S/c1-3-14-4-6-15(7-5-14)16-8-9-17(23-16)18(20)19-10-11-24(21,22)12-13(19)2/h4-9,13H,3,10-12H2,1-2H3/t13-/m1/s1.